The number of benzene rings is 1. The summed E-state index contributed by atoms with van der Waals surface area (Å²) >= 11 is 0. The Bertz CT molecular complexity index is 798. The molecule has 2 aliphatic rings. The van der Waals surface area contributed by atoms with Crippen LogP contribution in [0, 0.1) is 11.8 Å². The number of nitrogens with zero attached hydrogens (tertiary/aromatic N) is 1. The van der Waals surface area contributed by atoms with Crippen molar-refractivity contribution in [3.63, 3.8) is 0 Å². The molecule has 4 nitrogen and oxygen atoms in total. The Kier molecular flexibility index (Phi) is 4.19. The largest absolute Gasteiger partial charge is 0.423 e. The number of rotatable bonds is 3. The van der Waals surface area contributed by atoms with E-state index in [0.717, 1.165) is 49.3 Å². The number of likely N-dealkylation sites (tertiary alicyclic amines) is 1. The average molecular weight is 326 g/mol. The van der Waals surface area contributed by atoms with E-state index in [-0.39, 0.29) is 5.63 Å². The summed E-state index contributed by atoms with van der Waals surface area (Å²) in [5.74, 6) is 1.35. The third-order valence-corrected chi connectivity index (χ3v) is 5.92. The maximum absolute atomic E-state index is 11.9. The van der Waals surface area contributed by atoms with Crippen LogP contribution in [0.15, 0.2) is 33.5 Å². The molecule has 2 fully saturated rings. The monoisotopic (exact) mass is 326 g/mol. The van der Waals surface area contributed by atoms with Crippen LogP contribution in [0.3, 0.4) is 0 Å². The summed E-state index contributed by atoms with van der Waals surface area (Å²) in [5.41, 5.74) is 9.14. The second kappa shape index (κ2) is 6.34. The van der Waals surface area contributed by atoms with E-state index < -0.39 is 0 Å². The summed E-state index contributed by atoms with van der Waals surface area (Å²) in [5, 5.41) is 1.08. The van der Waals surface area contributed by atoms with Crippen molar-refractivity contribution in [1.29, 1.82) is 0 Å². The molecule has 2 aromatic rings. The molecule has 1 aromatic heterocycles. The van der Waals surface area contributed by atoms with Crippen molar-refractivity contribution in [1.82, 2.24) is 4.90 Å². The second-order valence-electron chi connectivity index (χ2n) is 7.49. The van der Waals surface area contributed by atoms with Gasteiger partial charge in [0.15, 0.2) is 0 Å². The SMILES string of the molecule is CCc1ccc2oc(=O)cc(CN3C[C@H]4CCC[C@@H](N)[C@H]4C3)c2c1. The van der Waals surface area contributed by atoms with Gasteiger partial charge in [-0.05, 0) is 54.4 Å². The van der Waals surface area contributed by atoms with Gasteiger partial charge >= 0.3 is 5.63 Å². The van der Waals surface area contributed by atoms with Crippen LogP contribution >= 0.6 is 0 Å². The van der Waals surface area contributed by atoms with Crippen LogP contribution in [0.25, 0.3) is 11.0 Å². The third kappa shape index (κ3) is 2.89. The van der Waals surface area contributed by atoms with Gasteiger partial charge in [0.1, 0.15) is 5.58 Å². The highest BCUT2D eigenvalue weighted by Crippen LogP contribution is 2.36. The van der Waals surface area contributed by atoms with Crippen LogP contribution in [-0.2, 0) is 13.0 Å². The molecule has 2 N–H and O–H groups in total. The van der Waals surface area contributed by atoms with Gasteiger partial charge in [-0.15, -0.1) is 0 Å². The first-order chi connectivity index (χ1) is 11.6. The molecule has 4 rings (SSSR count). The third-order valence-electron chi connectivity index (χ3n) is 5.92. The normalized spacial score (nSPS) is 27.5. The maximum atomic E-state index is 11.9. The van der Waals surface area contributed by atoms with Gasteiger partial charge in [-0.1, -0.05) is 19.4 Å². The van der Waals surface area contributed by atoms with Crippen molar-refractivity contribution in [2.24, 2.45) is 17.6 Å². The quantitative estimate of drug-likeness (QED) is 0.881. The molecule has 3 atom stereocenters. The first-order valence-electron chi connectivity index (χ1n) is 9.17. The number of hydrogen-bond acceptors (Lipinski definition) is 4. The number of hydrogen-bond donors (Lipinski definition) is 1. The van der Waals surface area contributed by atoms with Gasteiger partial charge < -0.3 is 10.2 Å². The molecule has 0 unspecified atom stereocenters. The van der Waals surface area contributed by atoms with Gasteiger partial charge in [-0.25, -0.2) is 4.79 Å². The Morgan fingerprint density at radius 2 is 2.12 bits per heavy atom. The molecular weight excluding hydrogens is 300 g/mol. The fourth-order valence-corrected chi connectivity index (χ4v) is 4.60. The topological polar surface area (TPSA) is 59.5 Å². The highest BCUT2D eigenvalue weighted by atomic mass is 16.4. The van der Waals surface area contributed by atoms with Crippen LogP contribution in [0.5, 0.6) is 0 Å². The predicted molar refractivity (Wildman–Crippen MR) is 95.9 cm³/mol. The van der Waals surface area contributed by atoms with Gasteiger partial charge in [-0.3, -0.25) is 4.90 Å². The smallest absolute Gasteiger partial charge is 0.336 e. The van der Waals surface area contributed by atoms with Gasteiger partial charge in [0.05, 0.1) is 0 Å². The minimum absolute atomic E-state index is 0.255. The lowest BCUT2D eigenvalue weighted by Crippen LogP contribution is -2.38. The number of fused-ring (bicyclic) bond motifs is 2. The van der Waals surface area contributed by atoms with Crippen molar-refractivity contribution in [3.05, 3.63) is 45.8 Å². The molecule has 0 bridgehead atoms. The van der Waals surface area contributed by atoms with Crippen molar-refractivity contribution in [2.75, 3.05) is 13.1 Å². The van der Waals surface area contributed by atoms with Crippen LogP contribution in [0.2, 0.25) is 0 Å². The molecule has 128 valence electrons. The molecular formula is C20H26N2O2. The number of nitrogens with two attached hydrogens (primary N) is 1. The first-order valence-corrected chi connectivity index (χ1v) is 9.17. The van der Waals surface area contributed by atoms with Crippen LogP contribution in [-0.4, -0.2) is 24.0 Å². The molecule has 1 aliphatic carbocycles. The molecule has 1 aliphatic heterocycles. The van der Waals surface area contributed by atoms with E-state index in [1.807, 2.05) is 12.1 Å². The fourth-order valence-electron chi connectivity index (χ4n) is 4.60. The molecule has 1 saturated heterocycles. The predicted octanol–water partition coefficient (Wildman–Crippen LogP) is 2.91. The van der Waals surface area contributed by atoms with Gasteiger partial charge in [0.2, 0.25) is 0 Å². The summed E-state index contributed by atoms with van der Waals surface area (Å²) < 4.78 is 5.38. The summed E-state index contributed by atoms with van der Waals surface area (Å²) in [6, 6.07) is 8.15. The highest BCUT2D eigenvalue weighted by Gasteiger charge is 2.38. The van der Waals surface area contributed by atoms with Gasteiger partial charge in [0.25, 0.3) is 0 Å². The Balaban J connectivity index is 1.63. The van der Waals surface area contributed by atoms with E-state index >= 15 is 0 Å². The van der Waals surface area contributed by atoms with Crippen molar-refractivity contribution in [2.45, 2.75) is 45.2 Å². The minimum atomic E-state index is -0.255. The van der Waals surface area contributed by atoms with Crippen molar-refractivity contribution in [3.8, 4) is 0 Å². The molecule has 0 spiro atoms. The zero-order valence-electron chi connectivity index (χ0n) is 14.3. The van der Waals surface area contributed by atoms with E-state index in [4.69, 9.17) is 10.2 Å². The molecule has 4 heteroatoms. The Morgan fingerprint density at radius 3 is 2.92 bits per heavy atom. The fraction of sp³-hybridized carbons (Fsp3) is 0.550. The zero-order chi connectivity index (χ0) is 16.7. The molecule has 2 heterocycles. The molecule has 0 amide bonds. The molecule has 0 radical (unpaired) electrons. The molecule has 24 heavy (non-hydrogen) atoms. The van der Waals surface area contributed by atoms with Crippen molar-refractivity contribution < 1.29 is 4.42 Å². The van der Waals surface area contributed by atoms with Crippen LogP contribution in [0.1, 0.15) is 37.3 Å². The summed E-state index contributed by atoms with van der Waals surface area (Å²) in [4.78, 5) is 14.4. The van der Waals surface area contributed by atoms with Crippen LogP contribution in [0.4, 0.5) is 0 Å². The molecule has 1 saturated carbocycles. The minimum Gasteiger partial charge on any atom is -0.423 e. The number of aryl methyl sites for hydroxylation is 1. The zero-order valence-corrected chi connectivity index (χ0v) is 14.3. The Labute approximate surface area is 142 Å². The second-order valence-corrected chi connectivity index (χ2v) is 7.49. The van der Waals surface area contributed by atoms with Gasteiger partial charge in [0, 0.05) is 37.1 Å². The standard InChI is InChI=1S/C20H26N2O2/c1-2-13-6-7-19-16(8-13)15(9-20(23)24-19)11-22-10-14-4-3-5-18(21)17(14)12-22/h6-9,14,17-18H,2-5,10-12,21H2,1H3/t14-,17+,18-/m1/s1. The van der Waals surface area contributed by atoms with E-state index in [9.17, 15) is 4.79 Å². The maximum Gasteiger partial charge on any atom is 0.336 e. The lowest BCUT2D eigenvalue weighted by molar-refractivity contribution is 0.259. The lowest BCUT2D eigenvalue weighted by atomic mass is 9.78. The average Bonchev–Trinajstić information content (AvgIpc) is 2.98. The van der Waals surface area contributed by atoms with E-state index in [1.54, 1.807) is 6.07 Å². The van der Waals surface area contributed by atoms with E-state index in [2.05, 4.69) is 17.9 Å². The molecule has 1 aromatic carbocycles. The summed E-state index contributed by atoms with van der Waals surface area (Å²) in [6.07, 6.45) is 4.70. The van der Waals surface area contributed by atoms with E-state index in [1.165, 1.54) is 18.4 Å². The first kappa shape index (κ1) is 15.9. The van der Waals surface area contributed by atoms with E-state index in [0.29, 0.717) is 17.5 Å². The Hall–Kier alpha value is -1.65. The van der Waals surface area contributed by atoms with Crippen LogP contribution < -0.4 is 11.4 Å². The van der Waals surface area contributed by atoms with Gasteiger partial charge in [-0.2, -0.15) is 0 Å². The summed E-state index contributed by atoms with van der Waals surface area (Å²) in [6.45, 7) is 5.12. The lowest BCUT2D eigenvalue weighted by Gasteiger charge is -2.29. The highest BCUT2D eigenvalue weighted by molar-refractivity contribution is 5.80. The summed E-state index contributed by atoms with van der Waals surface area (Å²) in [7, 11) is 0. The van der Waals surface area contributed by atoms with Crippen molar-refractivity contribution >= 4 is 11.0 Å². The Morgan fingerprint density at radius 1 is 1.25 bits per heavy atom.